The fraction of sp³-hybridized carbons (Fsp3) is 0.143. The normalized spacial score (nSPS) is 11.2. The van der Waals surface area contributed by atoms with E-state index in [0.29, 0.717) is 12.4 Å². The Balaban J connectivity index is 1.92. The van der Waals surface area contributed by atoms with Crippen molar-refractivity contribution in [2.75, 3.05) is 0 Å². The van der Waals surface area contributed by atoms with Gasteiger partial charge in [0.1, 0.15) is 18.1 Å². The van der Waals surface area contributed by atoms with Gasteiger partial charge in [-0.3, -0.25) is 0 Å². The maximum Gasteiger partial charge on any atom is 0.573 e. The van der Waals surface area contributed by atoms with E-state index in [9.17, 15) is 13.2 Å². The molecule has 0 aliphatic heterocycles. The molecular formula is C14H9BrF3O2. The average Bonchev–Trinajstić information content (AvgIpc) is 2.38. The van der Waals surface area contributed by atoms with Gasteiger partial charge in [0.2, 0.25) is 0 Å². The van der Waals surface area contributed by atoms with Crippen LogP contribution in [0.1, 0.15) is 5.56 Å². The first-order chi connectivity index (χ1) is 9.42. The Labute approximate surface area is 122 Å². The maximum atomic E-state index is 12.0. The van der Waals surface area contributed by atoms with Gasteiger partial charge in [0.05, 0.1) is 0 Å². The van der Waals surface area contributed by atoms with Crippen molar-refractivity contribution in [3.05, 3.63) is 58.6 Å². The van der Waals surface area contributed by atoms with Crippen molar-refractivity contribution < 1.29 is 22.6 Å². The summed E-state index contributed by atoms with van der Waals surface area (Å²) in [6, 6.07) is 13.7. The van der Waals surface area contributed by atoms with Crippen molar-refractivity contribution in [1.29, 1.82) is 0 Å². The highest BCUT2D eigenvalue weighted by atomic mass is 79.9. The van der Waals surface area contributed by atoms with E-state index in [1.807, 2.05) is 24.3 Å². The fourth-order valence-electron chi connectivity index (χ4n) is 1.42. The molecule has 0 amide bonds. The number of ether oxygens (including phenoxy) is 2. The molecule has 0 aliphatic rings. The second-order valence-electron chi connectivity index (χ2n) is 3.85. The lowest BCUT2D eigenvalue weighted by atomic mass is 10.2. The topological polar surface area (TPSA) is 18.5 Å². The molecular weight excluding hydrogens is 337 g/mol. The molecule has 105 valence electrons. The summed E-state index contributed by atoms with van der Waals surface area (Å²) in [6.45, 7) is 0.309. The number of halogens is 4. The fourth-order valence-corrected chi connectivity index (χ4v) is 1.69. The number of rotatable bonds is 4. The molecule has 0 N–H and O–H groups in total. The van der Waals surface area contributed by atoms with Crippen molar-refractivity contribution in [3.8, 4) is 11.5 Å². The molecule has 0 spiro atoms. The number of benzene rings is 2. The SMILES string of the molecule is FC(F)(F)Oc1c[c]c(OCc2ccc(Br)cc2)cc1. The van der Waals surface area contributed by atoms with Crippen molar-refractivity contribution in [2.45, 2.75) is 13.0 Å². The zero-order chi connectivity index (χ0) is 14.6. The van der Waals surface area contributed by atoms with Gasteiger partial charge in [-0.15, -0.1) is 13.2 Å². The number of hydrogen-bond acceptors (Lipinski definition) is 2. The number of hydrogen-bond donors (Lipinski definition) is 0. The minimum atomic E-state index is -4.70. The Morgan fingerprint density at radius 3 is 2.30 bits per heavy atom. The summed E-state index contributed by atoms with van der Waals surface area (Å²) in [5, 5.41) is 0. The smallest absolute Gasteiger partial charge is 0.488 e. The van der Waals surface area contributed by atoms with Gasteiger partial charge in [0, 0.05) is 10.5 Å². The van der Waals surface area contributed by atoms with Crippen LogP contribution in [0, 0.1) is 6.07 Å². The van der Waals surface area contributed by atoms with Crippen molar-refractivity contribution in [2.24, 2.45) is 0 Å². The monoisotopic (exact) mass is 345 g/mol. The van der Waals surface area contributed by atoms with E-state index in [0.717, 1.165) is 16.1 Å². The van der Waals surface area contributed by atoms with Gasteiger partial charge in [-0.05, 0) is 35.9 Å². The van der Waals surface area contributed by atoms with Gasteiger partial charge in [-0.1, -0.05) is 28.1 Å². The lowest BCUT2D eigenvalue weighted by molar-refractivity contribution is -0.274. The summed E-state index contributed by atoms with van der Waals surface area (Å²) in [5.74, 6) is 0.0240. The van der Waals surface area contributed by atoms with Crippen LogP contribution in [0.4, 0.5) is 13.2 Å². The third-order valence-electron chi connectivity index (χ3n) is 2.30. The predicted octanol–water partition coefficient (Wildman–Crippen LogP) is 4.73. The first-order valence-electron chi connectivity index (χ1n) is 5.57. The van der Waals surface area contributed by atoms with E-state index in [1.165, 1.54) is 12.1 Å². The molecule has 0 heterocycles. The first kappa shape index (κ1) is 14.7. The summed E-state index contributed by atoms with van der Waals surface area (Å²) in [7, 11) is 0. The lowest BCUT2D eigenvalue weighted by Crippen LogP contribution is -2.16. The average molecular weight is 346 g/mol. The Morgan fingerprint density at radius 2 is 1.75 bits per heavy atom. The minimum Gasteiger partial charge on any atom is -0.488 e. The second-order valence-corrected chi connectivity index (χ2v) is 4.77. The van der Waals surface area contributed by atoms with Crippen LogP contribution in [-0.4, -0.2) is 6.36 Å². The molecule has 0 fully saturated rings. The van der Waals surface area contributed by atoms with E-state index in [-0.39, 0.29) is 5.75 Å². The second kappa shape index (κ2) is 6.17. The molecule has 0 saturated heterocycles. The zero-order valence-corrected chi connectivity index (χ0v) is 11.7. The van der Waals surface area contributed by atoms with Crippen molar-refractivity contribution in [1.82, 2.24) is 0 Å². The van der Waals surface area contributed by atoms with E-state index >= 15 is 0 Å². The first-order valence-corrected chi connectivity index (χ1v) is 6.36. The van der Waals surface area contributed by atoms with E-state index in [4.69, 9.17) is 4.74 Å². The molecule has 0 atom stereocenters. The summed E-state index contributed by atoms with van der Waals surface area (Å²) >= 11 is 3.32. The van der Waals surface area contributed by atoms with E-state index in [2.05, 4.69) is 26.7 Å². The molecule has 6 heteroatoms. The third-order valence-corrected chi connectivity index (χ3v) is 2.83. The minimum absolute atomic E-state index is 0.309. The van der Waals surface area contributed by atoms with Crippen LogP contribution >= 0.6 is 15.9 Å². The summed E-state index contributed by atoms with van der Waals surface area (Å²) in [6.07, 6.45) is -4.70. The largest absolute Gasteiger partial charge is 0.573 e. The zero-order valence-electron chi connectivity index (χ0n) is 10.1. The molecule has 2 rings (SSSR count). The van der Waals surface area contributed by atoms with E-state index < -0.39 is 6.36 Å². The van der Waals surface area contributed by atoms with Crippen molar-refractivity contribution in [3.63, 3.8) is 0 Å². The van der Waals surface area contributed by atoms with Gasteiger partial charge in [0.15, 0.2) is 0 Å². The van der Waals surface area contributed by atoms with Gasteiger partial charge in [0.25, 0.3) is 0 Å². The highest BCUT2D eigenvalue weighted by Crippen LogP contribution is 2.24. The highest BCUT2D eigenvalue weighted by molar-refractivity contribution is 9.10. The molecule has 0 saturated carbocycles. The van der Waals surface area contributed by atoms with Crippen LogP contribution in [0.5, 0.6) is 11.5 Å². The molecule has 0 unspecified atom stereocenters. The van der Waals surface area contributed by atoms with Gasteiger partial charge in [-0.25, -0.2) is 0 Å². The van der Waals surface area contributed by atoms with E-state index in [1.54, 1.807) is 0 Å². The molecule has 20 heavy (non-hydrogen) atoms. The molecule has 2 aromatic rings. The quantitative estimate of drug-likeness (QED) is 0.797. The summed E-state index contributed by atoms with van der Waals surface area (Å²) < 4.78 is 46.0. The summed E-state index contributed by atoms with van der Waals surface area (Å²) in [4.78, 5) is 0. The molecule has 1 radical (unpaired) electrons. The maximum absolute atomic E-state index is 12.0. The molecule has 0 aromatic heterocycles. The molecule has 0 bridgehead atoms. The molecule has 2 nitrogen and oxygen atoms in total. The Hall–Kier alpha value is -1.69. The van der Waals surface area contributed by atoms with Gasteiger partial charge < -0.3 is 9.47 Å². The lowest BCUT2D eigenvalue weighted by Gasteiger charge is -2.10. The third kappa shape index (κ3) is 4.77. The highest BCUT2D eigenvalue weighted by Gasteiger charge is 2.30. The van der Waals surface area contributed by atoms with Crippen molar-refractivity contribution >= 4 is 15.9 Å². The molecule has 2 aromatic carbocycles. The standard InChI is InChI=1S/C14H9BrF3O2/c15-11-3-1-10(2-4-11)9-19-12-5-7-13(8-6-12)20-14(16,17)18/h1-5,7-8H,9H2. The Bertz CT molecular complexity index is 550. The van der Waals surface area contributed by atoms with Gasteiger partial charge >= 0.3 is 6.36 Å². The summed E-state index contributed by atoms with van der Waals surface area (Å²) in [5.41, 5.74) is 0.942. The van der Waals surface area contributed by atoms with Gasteiger partial charge in [-0.2, -0.15) is 0 Å². The Morgan fingerprint density at radius 1 is 1.05 bits per heavy atom. The molecule has 0 aliphatic carbocycles. The van der Waals surface area contributed by atoms with Crippen LogP contribution in [0.2, 0.25) is 0 Å². The Kier molecular flexibility index (Phi) is 4.54. The van der Waals surface area contributed by atoms with Crippen LogP contribution in [0.3, 0.4) is 0 Å². The van der Waals surface area contributed by atoms with Crippen LogP contribution in [-0.2, 0) is 6.61 Å². The predicted molar refractivity (Wildman–Crippen MR) is 70.4 cm³/mol. The van der Waals surface area contributed by atoms with Crippen LogP contribution in [0.25, 0.3) is 0 Å². The van der Waals surface area contributed by atoms with Crippen LogP contribution < -0.4 is 9.47 Å². The number of alkyl halides is 3. The van der Waals surface area contributed by atoms with Crippen LogP contribution in [0.15, 0.2) is 46.9 Å².